The first-order valence-corrected chi connectivity index (χ1v) is 5.58. The van der Waals surface area contributed by atoms with E-state index in [1.807, 2.05) is 7.11 Å². The molecule has 1 aliphatic heterocycles. The summed E-state index contributed by atoms with van der Waals surface area (Å²) in [5, 5.41) is 0. The molecule has 2 heteroatoms. The number of hydrogen-bond acceptors (Lipinski definition) is 1. The second-order valence-electron chi connectivity index (χ2n) is 4.87. The van der Waals surface area contributed by atoms with Gasteiger partial charge in [-0.2, -0.15) is 0 Å². The van der Waals surface area contributed by atoms with Crippen LogP contribution in [0.4, 0.5) is 0 Å². The Morgan fingerprint density at radius 2 is 2.36 bits per heavy atom. The Kier molecular flexibility index (Phi) is 2.82. The zero-order valence-corrected chi connectivity index (χ0v) is 9.25. The summed E-state index contributed by atoms with van der Waals surface area (Å²) >= 11 is 0. The van der Waals surface area contributed by atoms with E-state index in [0.717, 1.165) is 11.8 Å². The molecule has 1 nitrogen and oxygen atoms in total. The second-order valence-corrected chi connectivity index (χ2v) is 4.87. The average molecular weight is 190 g/mol. The molecule has 14 heavy (non-hydrogen) atoms. The molecule has 1 fully saturated rings. The smallest absolute Gasteiger partial charge is 0.293 e. The lowest BCUT2D eigenvalue weighted by molar-refractivity contribution is 0.341. The summed E-state index contributed by atoms with van der Waals surface area (Å²) in [6.45, 7) is 6.67. The fourth-order valence-electron chi connectivity index (χ4n) is 2.90. The van der Waals surface area contributed by atoms with Crippen LogP contribution in [0.1, 0.15) is 19.8 Å². The monoisotopic (exact) mass is 190 g/mol. The fraction of sp³-hybridized carbons (Fsp3) is 0.667. The van der Waals surface area contributed by atoms with Crippen molar-refractivity contribution in [1.82, 2.24) is 0 Å². The van der Waals surface area contributed by atoms with Gasteiger partial charge in [-0.05, 0) is 49.8 Å². The highest BCUT2D eigenvalue weighted by atomic mass is 16.4. The Labute approximate surface area is 87.3 Å². The lowest BCUT2D eigenvalue weighted by Gasteiger charge is -2.36. The summed E-state index contributed by atoms with van der Waals surface area (Å²) < 4.78 is 5.47. The van der Waals surface area contributed by atoms with Gasteiger partial charge in [-0.3, -0.25) is 0 Å². The topological polar surface area (TPSA) is 9.23 Å². The first-order chi connectivity index (χ1) is 6.69. The third-order valence-corrected chi connectivity index (χ3v) is 3.62. The van der Waals surface area contributed by atoms with Crippen LogP contribution in [0.2, 0.25) is 12.6 Å². The van der Waals surface area contributed by atoms with E-state index in [1.54, 1.807) is 0 Å². The van der Waals surface area contributed by atoms with Crippen molar-refractivity contribution in [3.05, 3.63) is 23.8 Å². The van der Waals surface area contributed by atoms with Gasteiger partial charge in [0.05, 0.1) is 0 Å². The van der Waals surface area contributed by atoms with Gasteiger partial charge in [0.1, 0.15) is 0 Å². The molecule has 76 valence electrons. The molecule has 0 amide bonds. The molecule has 1 saturated heterocycles. The van der Waals surface area contributed by atoms with Crippen LogP contribution in [0.3, 0.4) is 0 Å². The highest BCUT2D eigenvalue weighted by Crippen LogP contribution is 2.41. The summed E-state index contributed by atoms with van der Waals surface area (Å²) in [7, 11) is 1.84. The summed E-state index contributed by atoms with van der Waals surface area (Å²) in [6.07, 6.45) is 7.49. The van der Waals surface area contributed by atoms with Gasteiger partial charge < -0.3 is 4.65 Å². The molecule has 2 unspecified atom stereocenters. The van der Waals surface area contributed by atoms with Gasteiger partial charge in [0.15, 0.2) is 0 Å². The summed E-state index contributed by atoms with van der Waals surface area (Å²) in [4.78, 5) is 0. The van der Waals surface area contributed by atoms with Crippen molar-refractivity contribution in [2.75, 3.05) is 7.11 Å². The molecule has 0 aromatic carbocycles. The molecular formula is C12H19BO. The molecule has 0 saturated carbocycles. The van der Waals surface area contributed by atoms with Crippen LogP contribution in [0.5, 0.6) is 0 Å². The first-order valence-electron chi connectivity index (χ1n) is 5.58. The van der Waals surface area contributed by atoms with Crippen LogP contribution in [0.15, 0.2) is 23.8 Å². The van der Waals surface area contributed by atoms with Crippen LogP contribution in [0.25, 0.3) is 0 Å². The van der Waals surface area contributed by atoms with Crippen molar-refractivity contribution in [3.8, 4) is 0 Å². The van der Waals surface area contributed by atoms with E-state index in [2.05, 4.69) is 19.6 Å². The van der Waals surface area contributed by atoms with Gasteiger partial charge in [-0.1, -0.05) is 18.2 Å². The highest BCUT2D eigenvalue weighted by molar-refractivity contribution is 6.52. The SMILES string of the molecule is C=C(C)C1=CC2CB(OC)CC(C1)C2. The van der Waals surface area contributed by atoms with Gasteiger partial charge in [-0.25, -0.2) is 0 Å². The fourth-order valence-corrected chi connectivity index (χ4v) is 2.90. The minimum atomic E-state index is 0.502. The molecule has 0 aromatic rings. The van der Waals surface area contributed by atoms with Crippen molar-refractivity contribution in [1.29, 1.82) is 0 Å². The normalized spacial score (nSPS) is 31.3. The molecular weight excluding hydrogens is 171 g/mol. The molecule has 1 aliphatic carbocycles. The molecule has 2 atom stereocenters. The van der Waals surface area contributed by atoms with E-state index in [4.69, 9.17) is 4.65 Å². The summed E-state index contributed by atoms with van der Waals surface area (Å²) in [5.41, 5.74) is 2.76. The second kappa shape index (κ2) is 3.94. The van der Waals surface area contributed by atoms with Crippen LogP contribution in [-0.4, -0.2) is 14.0 Å². The zero-order chi connectivity index (χ0) is 10.1. The predicted octanol–water partition coefficient (Wildman–Crippen LogP) is 3.17. The maximum Gasteiger partial charge on any atom is 0.293 e. The van der Waals surface area contributed by atoms with Crippen molar-refractivity contribution >= 4 is 6.92 Å². The minimum Gasteiger partial charge on any atom is -0.438 e. The van der Waals surface area contributed by atoms with Crippen LogP contribution >= 0.6 is 0 Å². The van der Waals surface area contributed by atoms with Crippen molar-refractivity contribution in [2.45, 2.75) is 32.4 Å². The molecule has 0 spiro atoms. The van der Waals surface area contributed by atoms with Crippen molar-refractivity contribution in [2.24, 2.45) is 11.8 Å². The molecule has 0 N–H and O–H groups in total. The summed E-state index contributed by atoms with van der Waals surface area (Å²) in [6, 6.07) is 0. The Balaban J connectivity index is 2.11. The molecule has 0 aromatic heterocycles. The number of hydrogen-bond donors (Lipinski definition) is 0. The number of rotatable bonds is 2. The third kappa shape index (κ3) is 1.95. The Bertz CT molecular complexity index is 269. The van der Waals surface area contributed by atoms with E-state index in [9.17, 15) is 0 Å². The zero-order valence-electron chi connectivity index (χ0n) is 9.25. The lowest BCUT2D eigenvalue weighted by Crippen LogP contribution is -2.32. The minimum absolute atomic E-state index is 0.502. The van der Waals surface area contributed by atoms with Crippen molar-refractivity contribution < 1.29 is 4.65 Å². The maximum absolute atomic E-state index is 5.47. The van der Waals surface area contributed by atoms with Crippen LogP contribution in [-0.2, 0) is 4.65 Å². The highest BCUT2D eigenvalue weighted by Gasteiger charge is 2.34. The Morgan fingerprint density at radius 1 is 1.57 bits per heavy atom. The van der Waals surface area contributed by atoms with Gasteiger partial charge in [-0.15, -0.1) is 0 Å². The van der Waals surface area contributed by atoms with E-state index in [0.29, 0.717) is 6.92 Å². The number of fused-ring (bicyclic) bond motifs is 2. The molecule has 2 bridgehead atoms. The Morgan fingerprint density at radius 3 is 2.93 bits per heavy atom. The number of allylic oxidation sites excluding steroid dienone is 3. The van der Waals surface area contributed by atoms with E-state index < -0.39 is 0 Å². The molecule has 1 heterocycles. The van der Waals surface area contributed by atoms with Gasteiger partial charge >= 0.3 is 0 Å². The molecule has 2 rings (SSSR count). The summed E-state index contributed by atoms with van der Waals surface area (Å²) in [5.74, 6) is 1.59. The van der Waals surface area contributed by atoms with Crippen LogP contribution in [0, 0.1) is 11.8 Å². The lowest BCUT2D eigenvalue weighted by atomic mass is 9.47. The maximum atomic E-state index is 5.47. The molecule has 2 aliphatic rings. The van der Waals surface area contributed by atoms with Crippen molar-refractivity contribution in [3.63, 3.8) is 0 Å². The molecule has 0 radical (unpaired) electrons. The third-order valence-electron chi connectivity index (χ3n) is 3.62. The van der Waals surface area contributed by atoms with E-state index >= 15 is 0 Å². The quantitative estimate of drug-likeness (QED) is 0.607. The average Bonchev–Trinajstić information content (AvgIpc) is 2.16. The van der Waals surface area contributed by atoms with Gasteiger partial charge in [0.25, 0.3) is 6.92 Å². The van der Waals surface area contributed by atoms with Crippen LogP contribution < -0.4 is 0 Å². The predicted molar refractivity (Wildman–Crippen MR) is 61.5 cm³/mol. The van der Waals surface area contributed by atoms with Gasteiger partial charge in [0.2, 0.25) is 0 Å². The standard InChI is InChI=1S/C12H19BO/c1-9(2)12-5-10-4-11(6-12)8-13(7-10)14-3/h5,10-11H,1,4,6-8H2,2-3H3. The van der Waals surface area contributed by atoms with E-state index in [1.165, 1.54) is 36.6 Å². The first kappa shape index (κ1) is 10.0. The Hall–Kier alpha value is -0.495. The van der Waals surface area contributed by atoms with Gasteiger partial charge in [0, 0.05) is 7.11 Å². The largest absolute Gasteiger partial charge is 0.438 e. The van der Waals surface area contributed by atoms with E-state index in [-0.39, 0.29) is 0 Å².